The van der Waals surface area contributed by atoms with Gasteiger partial charge in [-0.1, -0.05) is 16.8 Å². The predicted octanol–water partition coefficient (Wildman–Crippen LogP) is 2.19. The van der Waals surface area contributed by atoms with Crippen molar-refractivity contribution in [3.8, 4) is 0 Å². The lowest BCUT2D eigenvalue weighted by atomic mass is 10.1. The fraction of sp³-hybridized carbons (Fsp3) is 0.222. The fourth-order valence-electron chi connectivity index (χ4n) is 1.06. The number of nitrogens with zero attached hydrogens (tertiary/aromatic N) is 2. The smallest absolute Gasteiger partial charge is 0.433 e. The highest BCUT2D eigenvalue weighted by atomic mass is 35.5. The second kappa shape index (κ2) is 5.21. The Kier molecular flexibility index (Phi) is 4.12. The van der Waals surface area contributed by atoms with Crippen LogP contribution in [0.15, 0.2) is 17.3 Å². The third-order valence-electron chi connectivity index (χ3n) is 1.78. The highest BCUT2D eigenvalue weighted by Gasteiger charge is 2.33. The molecule has 0 saturated heterocycles. The number of alkyl halides is 3. The first kappa shape index (κ1) is 14.2. The molecular weight excluding hydrogens is 277 g/mol. The Morgan fingerprint density at radius 1 is 1.50 bits per heavy atom. The minimum Gasteiger partial charge on any atom is -0.476 e. The van der Waals surface area contributed by atoms with Gasteiger partial charge < -0.3 is 9.94 Å². The summed E-state index contributed by atoms with van der Waals surface area (Å²) < 4.78 is 36.9. The van der Waals surface area contributed by atoms with E-state index >= 15 is 0 Å². The van der Waals surface area contributed by atoms with Crippen molar-refractivity contribution in [2.75, 3.05) is 7.11 Å². The number of halogens is 4. The van der Waals surface area contributed by atoms with Crippen molar-refractivity contribution in [3.63, 3.8) is 0 Å². The average Bonchev–Trinajstić information content (AvgIpc) is 2.24. The molecule has 0 aliphatic rings. The Hall–Kier alpha value is -1.83. The topological polar surface area (TPSA) is 71.8 Å². The largest absolute Gasteiger partial charge is 0.476 e. The predicted molar refractivity (Wildman–Crippen MR) is 55.4 cm³/mol. The van der Waals surface area contributed by atoms with E-state index < -0.39 is 28.7 Å². The second-order valence-corrected chi connectivity index (χ2v) is 3.32. The van der Waals surface area contributed by atoms with Gasteiger partial charge in [0.05, 0.1) is 0 Å². The van der Waals surface area contributed by atoms with E-state index in [1.54, 1.807) is 0 Å². The molecule has 0 radical (unpaired) electrons. The molecule has 0 aliphatic carbocycles. The molecule has 0 unspecified atom stereocenters. The van der Waals surface area contributed by atoms with Gasteiger partial charge in [-0.3, -0.25) is 0 Å². The molecule has 1 aromatic heterocycles. The monoisotopic (exact) mass is 282 g/mol. The average molecular weight is 283 g/mol. The molecule has 0 amide bonds. The van der Waals surface area contributed by atoms with E-state index in [1.165, 1.54) is 0 Å². The van der Waals surface area contributed by atoms with Crippen molar-refractivity contribution < 1.29 is 27.9 Å². The van der Waals surface area contributed by atoms with Gasteiger partial charge in [-0.25, -0.2) is 9.78 Å². The van der Waals surface area contributed by atoms with Crippen LogP contribution >= 0.6 is 11.6 Å². The van der Waals surface area contributed by atoms with Crippen LogP contribution in [-0.2, 0) is 15.8 Å². The molecule has 18 heavy (non-hydrogen) atoms. The van der Waals surface area contributed by atoms with Gasteiger partial charge >= 0.3 is 12.1 Å². The Labute approximate surface area is 104 Å². The molecule has 1 N–H and O–H groups in total. The molecule has 5 nitrogen and oxygen atoms in total. The summed E-state index contributed by atoms with van der Waals surface area (Å²) in [5.74, 6) is -1.50. The summed E-state index contributed by atoms with van der Waals surface area (Å²) in [6.45, 7) is 0. The second-order valence-electron chi connectivity index (χ2n) is 2.96. The minimum absolute atomic E-state index is 0.265. The van der Waals surface area contributed by atoms with Crippen molar-refractivity contribution in [1.29, 1.82) is 0 Å². The zero-order chi connectivity index (χ0) is 13.9. The SMILES string of the molecule is CO/N=C(/C(=O)O)c1ccc(C(F)(F)F)nc1Cl. The van der Waals surface area contributed by atoms with Crippen molar-refractivity contribution in [2.45, 2.75) is 6.18 Å². The van der Waals surface area contributed by atoms with Crippen LogP contribution in [0.3, 0.4) is 0 Å². The maximum absolute atomic E-state index is 12.3. The number of hydrogen-bond donors (Lipinski definition) is 1. The quantitative estimate of drug-likeness (QED) is 0.524. The summed E-state index contributed by atoms with van der Waals surface area (Å²) in [6, 6.07) is 1.47. The summed E-state index contributed by atoms with van der Waals surface area (Å²) in [5, 5.41) is 11.3. The number of pyridine rings is 1. The maximum Gasteiger partial charge on any atom is 0.433 e. The summed E-state index contributed by atoms with van der Waals surface area (Å²) in [4.78, 5) is 18.1. The number of oxime groups is 1. The minimum atomic E-state index is -4.66. The first-order chi connectivity index (χ1) is 8.27. The molecule has 1 aromatic rings. The van der Waals surface area contributed by atoms with Gasteiger partial charge in [0, 0.05) is 5.56 Å². The van der Waals surface area contributed by atoms with Crippen molar-refractivity contribution in [1.82, 2.24) is 4.98 Å². The van der Waals surface area contributed by atoms with Crippen LogP contribution in [0.1, 0.15) is 11.3 Å². The molecule has 1 heterocycles. The number of carboxylic acids is 1. The molecule has 0 aliphatic heterocycles. The molecule has 1 rings (SSSR count). The van der Waals surface area contributed by atoms with E-state index in [-0.39, 0.29) is 5.56 Å². The van der Waals surface area contributed by atoms with Crippen LogP contribution < -0.4 is 0 Å². The normalized spacial score (nSPS) is 12.4. The summed E-state index contributed by atoms with van der Waals surface area (Å²) in [6.07, 6.45) is -4.66. The zero-order valence-electron chi connectivity index (χ0n) is 8.82. The fourth-order valence-corrected chi connectivity index (χ4v) is 1.31. The Balaban J connectivity index is 3.28. The van der Waals surface area contributed by atoms with Gasteiger partial charge in [0.25, 0.3) is 0 Å². The molecule has 0 atom stereocenters. The Morgan fingerprint density at radius 2 is 2.11 bits per heavy atom. The summed E-state index contributed by atoms with van der Waals surface area (Å²) >= 11 is 5.50. The molecule has 0 bridgehead atoms. The molecule has 9 heteroatoms. The van der Waals surface area contributed by atoms with Gasteiger partial charge in [-0.2, -0.15) is 13.2 Å². The van der Waals surface area contributed by atoms with Crippen molar-refractivity contribution >= 4 is 23.3 Å². The number of carboxylic acid groups (broad SMARTS) is 1. The van der Waals surface area contributed by atoms with E-state index in [9.17, 15) is 18.0 Å². The highest BCUT2D eigenvalue weighted by Crippen LogP contribution is 2.29. The molecule has 0 aromatic carbocycles. The van der Waals surface area contributed by atoms with E-state index in [2.05, 4.69) is 15.0 Å². The van der Waals surface area contributed by atoms with E-state index in [0.717, 1.165) is 13.2 Å². The lowest BCUT2D eigenvalue weighted by molar-refractivity contribution is -0.141. The lowest BCUT2D eigenvalue weighted by Crippen LogP contribution is -2.17. The van der Waals surface area contributed by atoms with Crippen LogP contribution in [0.5, 0.6) is 0 Å². The van der Waals surface area contributed by atoms with Crippen molar-refractivity contribution in [2.24, 2.45) is 5.16 Å². The van der Waals surface area contributed by atoms with E-state index in [4.69, 9.17) is 16.7 Å². The highest BCUT2D eigenvalue weighted by molar-refractivity contribution is 6.46. The molecule has 98 valence electrons. The summed E-state index contributed by atoms with van der Waals surface area (Å²) in [7, 11) is 1.09. The Bertz CT molecular complexity index is 502. The number of hydrogen-bond acceptors (Lipinski definition) is 4. The van der Waals surface area contributed by atoms with Gasteiger partial charge in [-0.15, -0.1) is 0 Å². The van der Waals surface area contributed by atoms with Gasteiger partial charge in [0.15, 0.2) is 5.71 Å². The number of aromatic nitrogens is 1. The number of aliphatic carboxylic acids is 1. The third kappa shape index (κ3) is 3.10. The van der Waals surface area contributed by atoms with Gasteiger partial charge in [0.1, 0.15) is 18.0 Å². The van der Waals surface area contributed by atoms with Crippen LogP contribution in [0.25, 0.3) is 0 Å². The van der Waals surface area contributed by atoms with Gasteiger partial charge in [-0.05, 0) is 12.1 Å². The standard InChI is InChI=1S/C9H6ClF3N2O3/c1-18-15-6(8(16)17)4-2-3-5(9(11,12)13)14-7(4)10/h2-3H,1H3,(H,16,17)/b15-6+. The lowest BCUT2D eigenvalue weighted by Gasteiger charge is -2.08. The molecular formula is C9H6ClF3N2O3. The van der Waals surface area contributed by atoms with Crippen molar-refractivity contribution in [3.05, 3.63) is 28.5 Å². The molecule has 0 saturated carbocycles. The van der Waals surface area contributed by atoms with Crippen LogP contribution in [0.2, 0.25) is 5.15 Å². The first-order valence-electron chi connectivity index (χ1n) is 4.36. The van der Waals surface area contributed by atoms with Crippen LogP contribution in [-0.4, -0.2) is 28.9 Å². The van der Waals surface area contributed by atoms with Gasteiger partial charge in [0.2, 0.25) is 0 Å². The van der Waals surface area contributed by atoms with Crippen LogP contribution in [0, 0.1) is 0 Å². The maximum atomic E-state index is 12.3. The third-order valence-corrected chi connectivity index (χ3v) is 2.07. The molecule has 0 spiro atoms. The van der Waals surface area contributed by atoms with E-state index in [1.807, 2.05) is 0 Å². The first-order valence-corrected chi connectivity index (χ1v) is 4.73. The summed E-state index contributed by atoms with van der Waals surface area (Å²) in [5.41, 5.74) is -2.12. The number of rotatable bonds is 3. The number of carbonyl (C=O) groups is 1. The molecule has 0 fully saturated rings. The van der Waals surface area contributed by atoms with E-state index in [0.29, 0.717) is 6.07 Å². The Morgan fingerprint density at radius 3 is 2.50 bits per heavy atom. The van der Waals surface area contributed by atoms with Crippen LogP contribution in [0.4, 0.5) is 13.2 Å². The zero-order valence-corrected chi connectivity index (χ0v) is 9.58.